The molecule has 0 unspecified atom stereocenters. The molecular formula is C10H17N5O2. The van der Waals surface area contributed by atoms with Gasteiger partial charge in [0.1, 0.15) is 0 Å². The van der Waals surface area contributed by atoms with Gasteiger partial charge in [-0.15, -0.1) is 5.10 Å². The van der Waals surface area contributed by atoms with Gasteiger partial charge in [0.15, 0.2) is 5.82 Å². The second-order valence-electron chi connectivity index (χ2n) is 4.28. The fourth-order valence-electron chi connectivity index (χ4n) is 1.72. The summed E-state index contributed by atoms with van der Waals surface area (Å²) in [5.74, 6) is 0.0602. The molecular weight excluding hydrogens is 222 g/mol. The highest BCUT2D eigenvalue weighted by molar-refractivity contribution is 5.66. The molecule has 0 spiro atoms. The van der Waals surface area contributed by atoms with Crippen molar-refractivity contribution in [2.45, 2.75) is 38.8 Å². The highest BCUT2D eigenvalue weighted by atomic mass is 16.4. The molecule has 2 rings (SSSR count). The zero-order valence-electron chi connectivity index (χ0n) is 9.91. The topological polar surface area (TPSA) is 84.1 Å². The maximum Gasteiger partial charge on any atom is 0.304 e. The smallest absolute Gasteiger partial charge is 0.304 e. The van der Waals surface area contributed by atoms with Crippen molar-refractivity contribution in [3.63, 3.8) is 0 Å². The van der Waals surface area contributed by atoms with Crippen LogP contribution in [0.1, 0.15) is 38.1 Å². The molecule has 1 heterocycles. The summed E-state index contributed by atoms with van der Waals surface area (Å²) in [6.07, 6.45) is 2.43. The third kappa shape index (κ3) is 3.23. The first-order valence-corrected chi connectivity index (χ1v) is 5.91. The van der Waals surface area contributed by atoms with E-state index in [1.807, 2.05) is 16.5 Å². The first-order valence-electron chi connectivity index (χ1n) is 5.91. The SMILES string of the molecule is CCN(CCC(=O)O)Cc1nnnn1C1CC1. The van der Waals surface area contributed by atoms with Gasteiger partial charge in [0.25, 0.3) is 0 Å². The lowest BCUT2D eigenvalue weighted by Crippen LogP contribution is -2.27. The molecule has 1 aliphatic carbocycles. The van der Waals surface area contributed by atoms with Gasteiger partial charge in [0, 0.05) is 6.54 Å². The van der Waals surface area contributed by atoms with Crippen molar-refractivity contribution in [1.82, 2.24) is 25.1 Å². The Morgan fingerprint density at radius 3 is 2.94 bits per heavy atom. The summed E-state index contributed by atoms with van der Waals surface area (Å²) < 4.78 is 1.86. The van der Waals surface area contributed by atoms with Gasteiger partial charge in [0.2, 0.25) is 0 Å². The van der Waals surface area contributed by atoms with Gasteiger partial charge in [-0.2, -0.15) is 0 Å². The second kappa shape index (κ2) is 5.22. The number of carboxylic acid groups (broad SMARTS) is 1. The van der Waals surface area contributed by atoms with Gasteiger partial charge in [-0.05, 0) is 29.8 Å². The Labute approximate surface area is 99.4 Å². The lowest BCUT2D eigenvalue weighted by molar-refractivity contribution is -0.137. The Morgan fingerprint density at radius 1 is 1.59 bits per heavy atom. The van der Waals surface area contributed by atoms with Crippen LogP contribution in [0.3, 0.4) is 0 Å². The van der Waals surface area contributed by atoms with Crippen LogP contribution >= 0.6 is 0 Å². The zero-order valence-corrected chi connectivity index (χ0v) is 9.91. The highest BCUT2D eigenvalue weighted by Crippen LogP contribution is 2.34. The summed E-state index contributed by atoms with van der Waals surface area (Å²) in [5, 5.41) is 20.3. The average Bonchev–Trinajstić information content (AvgIpc) is 3.05. The van der Waals surface area contributed by atoms with Crippen LogP contribution in [-0.4, -0.2) is 49.3 Å². The monoisotopic (exact) mass is 239 g/mol. The quantitative estimate of drug-likeness (QED) is 0.737. The van der Waals surface area contributed by atoms with Crippen LogP contribution in [-0.2, 0) is 11.3 Å². The van der Waals surface area contributed by atoms with E-state index in [0.29, 0.717) is 19.1 Å². The Balaban J connectivity index is 1.92. The molecule has 0 atom stereocenters. The molecule has 7 heteroatoms. The summed E-state index contributed by atoms with van der Waals surface area (Å²) in [6.45, 7) is 3.95. The molecule has 0 aromatic carbocycles. The number of hydrogen-bond acceptors (Lipinski definition) is 5. The summed E-state index contributed by atoms with van der Waals surface area (Å²) in [4.78, 5) is 12.6. The van der Waals surface area contributed by atoms with Gasteiger partial charge < -0.3 is 5.11 Å². The Kier molecular flexibility index (Phi) is 3.68. The third-order valence-electron chi connectivity index (χ3n) is 2.91. The van der Waals surface area contributed by atoms with E-state index in [1.54, 1.807) is 0 Å². The molecule has 1 aliphatic rings. The molecule has 1 aromatic heterocycles. The third-order valence-corrected chi connectivity index (χ3v) is 2.91. The molecule has 1 fully saturated rings. The first-order chi connectivity index (χ1) is 8.20. The minimum absolute atomic E-state index is 0.152. The summed E-state index contributed by atoms with van der Waals surface area (Å²) >= 11 is 0. The van der Waals surface area contributed by atoms with Crippen molar-refractivity contribution in [3.8, 4) is 0 Å². The molecule has 0 amide bonds. The van der Waals surface area contributed by atoms with E-state index < -0.39 is 5.97 Å². The van der Waals surface area contributed by atoms with Crippen LogP contribution in [0.15, 0.2) is 0 Å². The maximum atomic E-state index is 10.5. The largest absolute Gasteiger partial charge is 0.481 e. The maximum absolute atomic E-state index is 10.5. The second-order valence-corrected chi connectivity index (χ2v) is 4.28. The van der Waals surface area contributed by atoms with Crippen molar-refractivity contribution in [2.75, 3.05) is 13.1 Å². The molecule has 0 saturated heterocycles. The van der Waals surface area contributed by atoms with E-state index in [4.69, 9.17) is 5.11 Å². The van der Waals surface area contributed by atoms with E-state index in [0.717, 1.165) is 25.2 Å². The van der Waals surface area contributed by atoms with E-state index in [9.17, 15) is 4.79 Å². The predicted octanol–water partition coefficient (Wildman–Crippen LogP) is 0.305. The van der Waals surface area contributed by atoms with Crippen molar-refractivity contribution in [1.29, 1.82) is 0 Å². The lowest BCUT2D eigenvalue weighted by Gasteiger charge is -2.18. The molecule has 0 radical (unpaired) electrons. The Bertz CT molecular complexity index is 388. The van der Waals surface area contributed by atoms with Crippen LogP contribution in [0.2, 0.25) is 0 Å². The number of carbonyl (C=O) groups is 1. The molecule has 94 valence electrons. The first kappa shape index (κ1) is 12.0. The molecule has 1 N–H and O–H groups in total. The summed E-state index contributed by atoms with van der Waals surface area (Å²) in [6, 6.07) is 0.457. The van der Waals surface area contributed by atoms with Crippen LogP contribution < -0.4 is 0 Å². The number of aliphatic carboxylic acids is 1. The number of rotatable bonds is 7. The van der Waals surface area contributed by atoms with Gasteiger partial charge >= 0.3 is 5.97 Å². The molecule has 1 aromatic rings. The van der Waals surface area contributed by atoms with Crippen molar-refractivity contribution in [2.24, 2.45) is 0 Å². The van der Waals surface area contributed by atoms with E-state index in [-0.39, 0.29) is 6.42 Å². The van der Waals surface area contributed by atoms with Gasteiger partial charge in [-0.1, -0.05) is 6.92 Å². The number of hydrogen-bond donors (Lipinski definition) is 1. The van der Waals surface area contributed by atoms with Crippen molar-refractivity contribution >= 4 is 5.97 Å². The number of aromatic nitrogens is 4. The van der Waals surface area contributed by atoms with E-state index >= 15 is 0 Å². The normalized spacial score (nSPS) is 15.4. The van der Waals surface area contributed by atoms with Gasteiger partial charge in [0.05, 0.1) is 19.0 Å². The predicted molar refractivity (Wildman–Crippen MR) is 59.3 cm³/mol. The minimum Gasteiger partial charge on any atom is -0.481 e. The number of nitrogens with zero attached hydrogens (tertiary/aromatic N) is 5. The van der Waals surface area contributed by atoms with Crippen LogP contribution in [0.25, 0.3) is 0 Å². The summed E-state index contributed by atoms with van der Waals surface area (Å²) in [7, 11) is 0. The van der Waals surface area contributed by atoms with Crippen molar-refractivity contribution in [3.05, 3.63) is 5.82 Å². The fourth-order valence-corrected chi connectivity index (χ4v) is 1.72. The molecule has 17 heavy (non-hydrogen) atoms. The highest BCUT2D eigenvalue weighted by Gasteiger charge is 2.28. The van der Waals surface area contributed by atoms with Crippen molar-refractivity contribution < 1.29 is 9.90 Å². The fraction of sp³-hybridized carbons (Fsp3) is 0.800. The van der Waals surface area contributed by atoms with Crippen LogP contribution in [0.4, 0.5) is 0 Å². The zero-order chi connectivity index (χ0) is 12.3. The molecule has 1 saturated carbocycles. The van der Waals surface area contributed by atoms with E-state index in [1.165, 1.54) is 0 Å². The minimum atomic E-state index is -0.773. The van der Waals surface area contributed by atoms with Gasteiger partial charge in [-0.25, -0.2) is 4.68 Å². The lowest BCUT2D eigenvalue weighted by atomic mass is 10.3. The number of tetrazole rings is 1. The number of carboxylic acids is 1. The average molecular weight is 239 g/mol. The van der Waals surface area contributed by atoms with Crippen LogP contribution in [0, 0.1) is 0 Å². The Hall–Kier alpha value is -1.50. The van der Waals surface area contributed by atoms with Crippen LogP contribution in [0.5, 0.6) is 0 Å². The van der Waals surface area contributed by atoms with Gasteiger partial charge in [-0.3, -0.25) is 9.69 Å². The molecule has 7 nitrogen and oxygen atoms in total. The summed E-state index contributed by atoms with van der Waals surface area (Å²) in [5.41, 5.74) is 0. The van der Waals surface area contributed by atoms with E-state index in [2.05, 4.69) is 15.5 Å². The molecule has 0 bridgehead atoms. The Morgan fingerprint density at radius 2 is 2.35 bits per heavy atom. The standard InChI is InChI=1S/C10H17N5O2/c1-2-14(6-5-10(16)17)7-9-11-12-13-15(9)8-3-4-8/h8H,2-7H2,1H3,(H,16,17). The molecule has 0 aliphatic heterocycles.